The second-order valence-electron chi connectivity index (χ2n) is 1.94. The van der Waals surface area contributed by atoms with Crippen LogP contribution in [0.15, 0.2) is 11.4 Å². The first-order valence-corrected chi connectivity index (χ1v) is 4.73. The second kappa shape index (κ2) is 2.60. The van der Waals surface area contributed by atoms with Gasteiger partial charge in [-0.3, -0.25) is 0 Å². The van der Waals surface area contributed by atoms with E-state index in [4.69, 9.17) is 10.7 Å². The summed E-state index contributed by atoms with van der Waals surface area (Å²) in [4.78, 5) is 10.4. The normalized spacial score (nSPS) is 11.6. The van der Waals surface area contributed by atoms with E-state index in [0.717, 1.165) is 5.56 Å². The first kappa shape index (κ1) is 7.57. The number of carbonyl (C=O) groups is 1. The van der Waals surface area contributed by atoms with Crippen molar-refractivity contribution in [2.75, 3.05) is 0 Å². The van der Waals surface area contributed by atoms with Crippen LogP contribution in [-0.2, 0) is 0 Å². The van der Waals surface area contributed by atoms with Gasteiger partial charge in [0.05, 0.1) is 0 Å². The topological polar surface area (TPSA) is 40.1 Å². The number of carboxylic acid groups (broad SMARTS) is 1. The highest BCUT2D eigenvalue weighted by Crippen LogP contribution is 2.30. The van der Waals surface area contributed by atoms with E-state index in [0.29, 0.717) is 0 Å². The zero-order valence-corrected chi connectivity index (χ0v) is 6.83. The van der Waals surface area contributed by atoms with Crippen molar-refractivity contribution in [2.45, 2.75) is 6.92 Å². The summed E-state index contributed by atoms with van der Waals surface area (Å²) in [6.45, 7) is 1.80. The highest BCUT2D eigenvalue weighted by Gasteiger charge is 2.13. The lowest BCUT2D eigenvalue weighted by Crippen LogP contribution is -2.21. The van der Waals surface area contributed by atoms with E-state index >= 15 is 0 Å². The number of hydrogen-bond donors (Lipinski definition) is 0. The fourth-order valence-electron chi connectivity index (χ4n) is 0.662. The molecule has 0 fully saturated rings. The van der Waals surface area contributed by atoms with E-state index in [1.165, 1.54) is 6.07 Å². The minimum atomic E-state index is -1.17. The summed E-state index contributed by atoms with van der Waals surface area (Å²) in [5.41, 5.74) is 0.887. The zero-order chi connectivity index (χ0) is 7.72. The summed E-state index contributed by atoms with van der Waals surface area (Å²) in [6, 6.07) is 1.53. The Balaban J connectivity index is 3.15. The van der Waals surface area contributed by atoms with Crippen LogP contribution < -0.4 is 5.11 Å². The largest absolute Gasteiger partial charge is 0.540 e. The smallest absolute Gasteiger partial charge is 0.216 e. The van der Waals surface area contributed by atoms with Crippen LogP contribution in [0.4, 0.5) is 0 Å². The molecule has 1 unspecified atom stereocenters. The Kier molecular flexibility index (Phi) is 1.97. The average molecular weight is 177 g/mol. The molecular formula is C6H5ClO2S. The van der Waals surface area contributed by atoms with Crippen molar-refractivity contribution in [1.29, 1.82) is 0 Å². The van der Waals surface area contributed by atoms with Crippen LogP contribution in [0, 0.1) is 6.92 Å². The lowest BCUT2D eigenvalue weighted by atomic mass is 10.3. The lowest BCUT2D eigenvalue weighted by Gasteiger charge is -1.87. The molecule has 0 saturated carbocycles. The van der Waals surface area contributed by atoms with Crippen molar-refractivity contribution < 1.29 is 9.90 Å². The van der Waals surface area contributed by atoms with Crippen molar-refractivity contribution in [2.24, 2.45) is 0 Å². The fraction of sp³-hybridized carbons (Fsp3) is 0.167. The Morgan fingerprint density at radius 2 is 2.40 bits per heavy atom. The molecule has 0 aromatic carbocycles. The molecule has 0 radical (unpaired) electrons. The van der Waals surface area contributed by atoms with Gasteiger partial charge in [0.15, 0.2) is 5.38 Å². The van der Waals surface area contributed by atoms with Gasteiger partial charge in [0.2, 0.25) is 15.6 Å². The maximum absolute atomic E-state index is 10.3. The first-order valence-electron chi connectivity index (χ1n) is 2.62. The van der Waals surface area contributed by atoms with Gasteiger partial charge >= 0.3 is 0 Å². The third-order valence-corrected chi connectivity index (χ3v) is 3.11. The van der Waals surface area contributed by atoms with E-state index < -0.39 is 15.7 Å². The average Bonchev–Trinajstić information content (AvgIpc) is 2.10. The third-order valence-electron chi connectivity index (χ3n) is 1.06. The van der Waals surface area contributed by atoms with Crippen LogP contribution in [0.5, 0.6) is 0 Å². The highest BCUT2D eigenvalue weighted by molar-refractivity contribution is 7.62. The molecule has 1 aromatic heterocycles. The summed E-state index contributed by atoms with van der Waals surface area (Å²) in [6.07, 6.45) is 0. The van der Waals surface area contributed by atoms with Gasteiger partial charge in [0.25, 0.3) is 0 Å². The van der Waals surface area contributed by atoms with Crippen LogP contribution in [-0.4, -0.2) is 5.97 Å². The number of thiophene rings is 1. The molecule has 4 heteroatoms. The van der Waals surface area contributed by atoms with Crippen molar-refractivity contribution in [1.82, 2.24) is 0 Å². The maximum atomic E-state index is 10.3. The molecule has 0 saturated heterocycles. The standard InChI is InChI=1S/C6H5ClO2S/c1-4-2-5(6(8)9)10(7)3-4/h2-3H,1H3. The molecular weight excluding hydrogens is 172 g/mol. The van der Waals surface area contributed by atoms with Gasteiger partial charge in [-0.2, -0.15) is 0 Å². The van der Waals surface area contributed by atoms with Gasteiger partial charge < -0.3 is 9.90 Å². The third kappa shape index (κ3) is 1.30. The van der Waals surface area contributed by atoms with Crippen LogP contribution in [0.25, 0.3) is 0 Å². The maximum Gasteiger partial charge on any atom is 0.216 e. The Morgan fingerprint density at radius 3 is 2.60 bits per heavy atom. The van der Waals surface area contributed by atoms with Gasteiger partial charge in [0, 0.05) is 11.6 Å². The van der Waals surface area contributed by atoms with E-state index in [1.807, 2.05) is 0 Å². The van der Waals surface area contributed by atoms with Crippen LogP contribution >= 0.6 is 20.4 Å². The van der Waals surface area contributed by atoms with Crippen molar-refractivity contribution in [3.63, 3.8) is 0 Å². The summed E-state index contributed by atoms with van der Waals surface area (Å²) in [7, 11) is 4.87. The molecule has 2 nitrogen and oxygen atoms in total. The van der Waals surface area contributed by atoms with Gasteiger partial charge in [0.1, 0.15) is 15.7 Å². The first-order chi connectivity index (χ1) is 4.61. The number of hydrogen-bond acceptors (Lipinski definition) is 2. The SMILES string of the molecule is Cc1cc(C(=O)[O-])[s+](Cl)c1. The fourth-order valence-corrected chi connectivity index (χ4v) is 2.39. The number of aromatic carboxylic acids is 1. The Hall–Kier alpha value is -0.540. The van der Waals surface area contributed by atoms with E-state index in [-0.39, 0.29) is 4.88 Å². The van der Waals surface area contributed by atoms with Crippen molar-refractivity contribution >= 4 is 26.3 Å². The summed E-state index contributed by atoms with van der Waals surface area (Å²) in [5.74, 6) is -1.17. The van der Waals surface area contributed by atoms with E-state index in [9.17, 15) is 9.90 Å². The molecule has 54 valence electrons. The molecule has 0 aliphatic carbocycles. The van der Waals surface area contributed by atoms with Crippen LogP contribution in [0.3, 0.4) is 0 Å². The quantitative estimate of drug-likeness (QED) is 0.602. The minimum absolute atomic E-state index is 0.180. The molecule has 0 spiro atoms. The van der Waals surface area contributed by atoms with E-state index in [1.54, 1.807) is 12.3 Å². The number of halogens is 1. The van der Waals surface area contributed by atoms with Gasteiger partial charge in [-0.15, -0.1) is 0 Å². The predicted octanol–water partition coefficient (Wildman–Crippen LogP) is 1.11. The van der Waals surface area contributed by atoms with Crippen LogP contribution in [0.2, 0.25) is 0 Å². The zero-order valence-electron chi connectivity index (χ0n) is 5.26. The molecule has 1 aromatic rings. The molecule has 10 heavy (non-hydrogen) atoms. The monoisotopic (exact) mass is 176 g/mol. The lowest BCUT2D eigenvalue weighted by molar-refractivity contribution is -0.254. The van der Waals surface area contributed by atoms with Gasteiger partial charge in [-0.05, 0) is 6.92 Å². The Morgan fingerprint density at radius 1 is 1.80 bits per heavy atom. The summed E-state index contributed by atoms with van der Waals surface area (Å²) < 4.78 is 0. The molecule has 0 amide bonds. The number of aryl methyl sites for hydroxylation is 1. The Bertz CT molecular complexity index is 267. The van der Waals surface area contributed by atoms with Crippen molar-refractivity contribution in [3.05, 3.63) is 21.9 Å². The highest BCUT2D eigenvalue weighted by atomic mass is 35.7. The molecule has 0 bridgehead atoms. The van der Waals surface area contributed by atoms with Gasteiger partial charge in [-0.1, -0.05) is 0 Å². The predicted molar refractivity (Wildman–Crippen MR) is 39.2 cm³/mol. The molecule has 1 heterocycles. The van der Waals surface area contributed by atoms with Gasteiger partial charge in [-0.25, -0.2) is 0 Å². The van der Waals surface area contributed by atoms with Crippen molar-refractivity contribution in [3.8, 4) is 0 Å². The van der Waals surface area contributed by atoms with E-state index in [2.05, 4.69) is 0 Å². The number of carboxylic acids is 1. The second-order valence-corrected chi connectivity index (χ2v) is 4.18. The Labute approximate surface area is 65.5 Å². The number of rotatable bonds is 1. The molecule has 1 rings (SSSR count). The molecule has 0 N–H and O–H groups in total. The minimum Gasteiger partial charge on any atom is -0.540 e. The van der Waals surface area contributed by atoms with Crippen LogP contribution in [0.1, 0.15) is 15.2 Å². The molecule has 0 aliphatic rings. The molecule has 0 aliphatic heterocycles. The summed E-state index contributed by atoms with van der Waals surface area (Å²) in [5, 5.41) is 12.0. The summed E-state index contributed by atoms with van der Waals surface area (Å²) >= 11 is 0. The molecule has 1 atom stereocenters. The number of carbonyl (C=O) groups excluding carboxylic acids is 1.